The Hall–Kier alpha value is -3.07. The van der Waals surface area contributed by atoms with Gasteiger partial charge in [-0.1, -0.05) is 0 Å². The minimum absolute atomic E-state index is 0.293. The molecule has 1 fully saturated rings. The standard InChI is InChI=1S/C22H24N4O4S/c1-29-21-10-17-19(11-22(21)30-2)25-24-12-20(17)26(13-14-3-4-14)31(27,28)16-5-6-18-15(9-16)7-8-23-18/h5-6,9-12,14,23H,3-4,7-8,13H2,1-2H3. The molecule has 0 saturated heterocycles. The van der Waals surface area contributed by atoms with Crippen LogP contribution in [0.15, 0.2) is 41.4 Å². The molecule has 0 atom stereocenters. The van der Waals surface area contributed by atoms with E-state index >= 15 is 0 Å². The van der Waals surface area contributed by atoms with E-state index in [1.165, 1.54) is 10.5 Å². The van der Waals surface area contributed by atoms with E-state index < -0.39 is 10.0 Å². The molecule has 1 aliphatic carbocycles. The molecule has 0 spiro atoms. The van der Waals surface area contributed by atoms with Gasteiger partial charge in [0.05, 0.1) is 36.5 Å². The molecule has 2 aliphatic rings. The second kappa shape index (κ2) is 7.56. The number of fused-ring (bicyclic) bond motifs is 2. The Kier molecular flexibility index (Phi) is 4.85. The third-order valence-electron chi connectivity index (χ3n) is 5.89. The van der Waals surface area contributed by atoms with E-state index in [0.29, 0.717) is 45.4 Å². The molecular weight excluding hydrogens is 416 g/mol. The number of rotatable bonds is 7. The van der Waals surface area contributed by atoms with E-state index in [2.05, 4.69) is 15.5 Å². The van der Waals surface area contributed by atoms with Gasteiger partial charge < -0.3 is 14.8 Å². The summed E-state index contributed by atoms with van der Waals surface area (Å²) in [6, 6.07) is 8.78. The highest BCUT2D eigenvalue weighted by Gasteiger charge is 2.34. The lowest BCUT2D eigenvalue weighted by Gasteiger charge is -2.26. The van der Waals surface area contributed by atoms with Gasteiger partial charge in [-0.2, -0.15) is 10.2 Å². The minimum Gasteiger partial charge on any atom is -0.493 e. The summed E-state index contributed by atoms with van der Waals surface area (Å²) >= 11 is 0. The van der Waals surface area contributed by atoms with Crippen LogP contribution in [0, 0.1) is 5.92 Å². The summed E-state index contributed by atoms with van der Waals surface area (Å²) < 4.78 is 39.9. The van der Waals surface area contributed by atoms with Gasteiger partial charge >= 0.3 is 0 Å². The van der Waals surface area contributed by atoms with Gasteiger partial charge in [0.2, 0.25) is 0 Å². The maximum Gasteiger partial charge on any atom is 0.264 e. The van der Waals surface area contributed by atoms with Crippen LogP contribution in [-0.2, 0) is 16.4 Å². The first-order chi connectivity index (χ1) is 15.0. The van der Waals surface area contributed by atoms with Crippen LogP contribution < -0.4 is 19.1 Å². The van der Waals surface area contributed by atoms with Crippen LogP contribution in [0.2, 0.25) is 0 Å². The van der Waals surface area contributed by atoms with Gasteiger partial charge in [0.25, 0.3) is 10.0 Å². The first-order valence-corrected chi connectivity index (χ1v) is 11.7. The Morgan fingerprint density at radius 1 is 1.13 bits per heavy atom. The van der Waals surface area contributed by atoms with Crippen molar-refractivity contribution in [3.05, 3.63) is 42.1 Å². The normalized spacial score (nSPS) is 15.4. The molecule has 1 saturated carbocycles. The number of methoxy groups -OCH3 is 2. The number of anilines is 2. The molecule has 1 aliphatic heterocycles. The van der Waals surface area contributed by atoms with Crippen LogP contribution >= 0.6 is 0 Å². The van der Waals surface area contributed by atoms with Crippen molar-refractivity contribution < 1.29 is 17.9 Å². The summed E-state index contributed by atoms with van der Waals surface area (Å²) in [5.74, 6) is 1.37. The number of ether oxygens (including phenoxy) is 2. The summed E-state index contributed by atoms with van der Waals surface area (Å²) in [6.45, 7) is 1.23. The number of hydrogen-bond acceptors (Lipinski definition) is 7. The summed E-state index contributed by atoms with van der Waals surface area (Å²) in [6.07, 6.45) is 4.38. The van der Waals surface area contributed by atoms with Crippen LogP contribution in [0.1, 0.15) is 18.4 Å². The van der Waals surface area contributed by atoms with Crippen molar-refractivity contribution in [2.75, 3.05) is 36.9 Å². The third kappa shape index (κ3) is 3.52. The lowest BCUT2D eigenvalue weighted by molar-refractivity contribution is 0.355. The second-order valence-corrected chi connectivity index (χ2v) is 9.79. The summed E-state index contributed by atoms with van der Waals surface area (Å²) in [5.41, 5.74) is 3.07. The predicted molar refractivity (Wildman–Crippen MR) is 119 cm³/mol. The molecule has 0 amide bonds. The largest absolute Gasteiger partial charge is 0.493 e. The van der Waals surface area contributed by atoms with Gasteiger partial charge in [0.15, 0.2) is 11.5 Å². The topological polar surface area (TPSA) is 93.7 Å². The molecule has 1 N–H and O–H groups in total. The lowest BCUT2D eigenvalue weighted by atomic mass is 10.2. The Labute approximate surface area is 181 Å². The molecule has 5 rings (SSSR count). The van der Waals surface area contributed by atoms with Crippen molar-refractivity contribution in [3.8, 4) is 11.5 Å². The fraction of sp³-hybridized carbons (Fsp3) is 0.364. The molecule has 0 bridgehead atoms. The third-order valence-corrected chi connectivity index (χ3v) is 7.66. The summed E-state index contributed by atoms with van der Waals surface area (Å²) in [5, 5.41) is 12.2. The average molecular weight is 441 g/mol. The van der Waals surface area contributed by atoms with Crippen molar-refractivity contribution >= 4 is 32.3 Å². The Balaban J connectivity index is 1.66. The number of aromatic nitrogens is 2. The highest BCUT2D eigenvalue weighted by Crippen LogP contribution is 2.40. The molecule has 8 nitrogen and oxygen atoms in total. The number of sulfonamides is 1. The monoisotopic (exact) mass is 440 g/mol. The van der Waals surface area contributed by atoms with Gasteiger partial charge in [0, 0.05) is 30.2 Å². The number of nitrogens with one attached hydrogen (secondary N) is 1. The maximum atomic E-state index is 13.8. The fourth-order valence-corrected chi connectivity index (χ4v) is 5.60. The van der Waals surface area contributed by atoms with Gasteiger partial charge in [-0.25, -0.2) is 8.42 Å². The van der Waals surface area contributed by atoms with E-state index in [9.17, 15) is 8.42 Å². The first-order valence-electron chi connectivity index (χ1n) is 10.3. The molecule has 2 heterocycles. The quantitative estimate of drug-likeness (QED) is 0.603. The zero-order valence-corrected chi connectivity index (χ0v) is 18.3. The first kappa shape index (κ1) is 19.9. The van der Waals surface area contributed by atoms with E-state index in [1.807, 2.05) is 6.07 Å². The highest BCUT2D eigenvalue weighted by atomic mass is 32.2. The fourth-order valence-electron chi connectivity index (χ4n) is 4.00. The van der Waals surface area contributed by atoms with E-state index in [4.69, 9.17) is 9.47 Å². The molecule has 31 heavy (non-hydrogen) atoms. The Morgan fingerprint density at radius 2 is 1.90 bits per heavy atom. The van der Waals surface area contributed by atoms with E-state index in [0.717, 1.165) is 37.1 Å². The molecule has 0 radical (unpaired) electrons. The average Bonchev–Trinajstić information content (AvgIpc) is 3.49. The SMILES string of the molecule is COc1cc2nncc(N(CC3CC3)S(=O)(=O)c3ccc4c(c3)CCN4)c2cc1OC. The Bertz CT molecular complexity index is 1260. The zero-order valence-electron chi connectivity index (χ0n) is 17.5. The highest BCUT2D eigenvalue weighted by molar-refractivity contribution is 7.92. The minimum atomic E-state index is -3.79. The van der Waals surface area contributed by atoms with Crippen molar-refractivity contribution in [1.29, 1.82) is 0 Å². The van der Waals surface area contributed by atoms with Crippen molar-refractivity contribution in [1.82, 2.24) is 10.2 Å². The smallest absolute Gasteiger partial charge is 0.264 e. The lowest BCUT2D eigenvalue weighted by Crippen LogP contribution is -2.33. The van der Waals surface area contributed by atoms with Crippen LogP contribution in [0.4, 0.5) is 11.4 Å². The van der Waals surface area contributed by atoms with Crippen molar-refractivity contribution in [2.45, 2.75) is 24.2 Å². The molecule has 0 unspecified atom stereocenters. The van der Waals surface area contributed by atoms with Gasteiger partial charge in [-0.15, -0.1) is 0 Å². The van der Waals surface area contributed by atoms with Gasteiger partial charge in [-0.3, -0.25) is 4.31 Å². The number of benzene rings is 2. The molecular formula is C22H24N4O4S. The number of hydrogen-bond donors (Lipinski definition) is 1. The van der Waals surface area contributed by atoms with Crippen LogP contribution in [0.25, 0.3) is 10.9 Å². The predicted octanol–water partition coefficient (Wildman–Crippen LogP) is 3.22. The molecule has 1 aromatic heterocycles. The molecule has 9 heteroatoms. The van der Waals surface area contributed by atoms with E-state index in [1.54, 1.807) is 38.5 Å². The molecule has 2 aromatic carbocycles. The Morgan fingerprint density at radius 3 is 2.65 bits per heavy atom. The summed E-state index contributed by atoms with van der Waals surface area (Å²) in [4.78, 5) is 0.293. The molecule has 162 valence electrons. The van der Waals surface area contributed by atoms with Crippen molar-refractivity contribution in [3.63, 3.8) is 0 Å². The van der Waals surface area contributed by atoms with Gasteiger partial charge in [-0.05, 0) is 55.0 Å². The number of nitrogens with zero attached hydrogens (tertiary/aromatic N) is 3. The van der Waals surface area contributed by atoms with Crippen LogP contribution in [-0.4, -0.2) is 45.9 Å². The molecule has 3 aromatic rings. The van der Waals surface area contributed by atoms with E-state index in [-0.39, 0.29) is 0 Å². The zero-order chi connectivity index (χ0) is 21.6. The van der Waals surface area contributed by atoms with Crippen LogP contribution in [0.3, 0.4) is 0 Å². The maximum absolute atomic E-state index is 13.8. The van der Waals surface area contributed by atoms with Crippen LogP contribution in [0.5, 0.6) is 11.5 Å². The van der Waals surface area contributed by atoms with Crippen molar-refractivity contribution in [2.24, 2.45) is 5.92 Å². The second-order valence-electron chi connectivity index (χ2n) is 7.93. The van der Waals surface area contributed by atoms with Gasteiger partial charge in [0.1, 0.15) is 0 Å². The summed E-state index contributed by atoms with van der Waals surface area (Å²) in [7, 11) is -0.692.